The number of anilines is 3. The Morgan fingerprint density at radius 3 is 2.28 bits per heavy atom. The summed E-state index contributed by atoms with van der Waals surface area (Å²) in [5, 5.41) is 2.44. The molecule has 2 amide bonds. The van der Waals surface area contributed by atoms with Crippen LogP contribution in [0.25, 0.3) is 0 Å². The molecule has 2 fully saturated rings. The van der Waals surface area contributed by atoms with Gasteiger partial charge in [-0.05, 0) is 55.0 Å². The first kappa shape index (κ1) is 31.1. The molecule has 13 heteroatoms. The van der Waals surface area contributed by atoms with Gasteiger partial charge in [0.1, 0.15) is 11.6 Å². The average molecular weight is 637 g/mol. The van der Waals surface area contributed by atoms with E-state index in [4.69, 9.17) is 4.42 Å². The molecule has 4 heterocycles. The first-order chi connectivity index (χ1) is 22.2. The number of carbonyl (C=O) groups is 2. The second-order valence-electron chi connectivity index (χ2n) is 11.3. The van der Waals surface area contributed by atoms with Crippen LogP contribution in [0.3, 0.4) is 0 Å². The van der Waals surface area contributed by atoms with Crippen LogP contribution in [0.4, 0.5) is 35.1 Å². The fraction of sp³-hybridized carbons (Fsp3) is 0.333. The predicted molar refractivity (Wildman–Crippen MR) is 163 cm³/mol. The molecule has 240 valence electrons. The van der Waals surface area contributed by atoms with Crippen LogP contribution in [-0.2, 0) is 6.18 Å². The molecule has 46 heavy (non-hydrogen) atoms. The second kappa shape index (κ2) is 13.2. The van der Waals surface area contributed by atoms with E-state index in [9.17, 15) is 27.2 Å². The number of oxazole rings is 1. The maximum absolute atomic E-state index is 14.1. The highest BCUT2D eigenvalue weighted by Gasteiger charge is 2.42. The molecular weight excluding hydrogens is 604 g/mol. The Morgan fingerprint density at radius 2 is 1.59 bits per heavy atom. The third-order valence-corrected chi connectivity index (χ3v) is 8.34. The van der Waals surface area contributed by atoms with Gasteiger partial charge in [0.2, 0.25) is 5.76 Å². The Bertz CT molecular complexity index is 1670. The average Bonchev–Trinajstić information content (AvgIpc) is 3.39. The van der Waals surface area contributed by atoms with Crippen molar-refractivity contribution in [3.05, 3.63) is 101 Å². The van der Waals surface area contributed by atoms with Crippen molar-refractivity contribution in [2.45, 2.75) is 31.4 Å². The maximum atomic E-state index is 14.1. The van der Waals surface area contributed by atoms with Gasteiger partial charge in [-0.25, -0.2) is 9.37 Å². The number of halogens is 4. The molecular formula is C33H32F4N6O3. The van der Waals surface area contributed by atoms with Gasteiger partial charge in [0.05, 0.1) is 17.4 Å². The lowest BCUT2D eigenvalue weighted by Gasteiger charge is -2.31. The van der Waals surface area contributed by atoms with E-state index < -0.39 is 29.4 Å². The highest BCUT2D eigenvalue weighted by Crippen LogP contribution is 2.36. The van der Waals surface area contributed by atoms with E-state index in [1.807, 2.05) is 35.2 Å². The molecule has 0 unspecified atom stereocenters. The Morgan fingerprint density at radius 1 is 0.848 bits per heavy atom. The van der Waals surface area contributed by atoms with Gasteiger partial charge in [0, 0.05) is 39.3 Å². The number of carbonyl (C=O) groups excluding carboxylic acids is 2. The highest BCUT2D eigenvalue weighted by molar-refractivity contribution is 6.03. The van der Waals surface area contributed by atoms with Crippen LogP contribution in [-0.4, -0.2) is 66.0 Å². The molecule has 1 N–H and O–H groups in total. The van der Waals surface area contributed by atoms with Gasteiger partial charge >= 0.3 is 6.18 Å². The van der Waals surface area contributed by atoms with Crippen molar-refractivity contribution in [2.75, 3.05) is 54.4 Å². The number of hydrogen-bond acceptors (Lipinski definition) is 7. The molecule has 2 aliphatic rings. The van der Waals surface area contributed by atoms with E-state index in [1.54, 1.807) is 21.9 Å². The van der Waals surface area contributed by atoms with E-state index in [0.717, 1.165) is 0 Å². The van der Waals surface area contributed by atoms with Gasteiger partial charge in [0.25, 0.3) is 17.8 Å². The fourth-order valence-corrected chi connectivity index (χ4v) is 5.91. The van der Waals surface area contributed by atoms with Gasteiger partial charge in [-0.1, -0.05) is 42.5 Å². The summed E-state index contributed by atoms with van der Waals surface area (Å²) in [4.78, 5) is 39.1. The van der Waals surface area contributed by atoms with Gasteiger partial charge in [-0.2, -0.15) is 18.2 Å². The van der Waals surface area contributed by atoms with Gasteiger partial charge in [-0.3, -0.25) is 9.59 Å². The zero-order valence-electron chi connectivity index (χ0n) is 24.8. The Hall–Kier alpha value is -4.94. The first-order valence-electron chi connectivity index (χ1n) is 15.1. The minimum Gasteiger partial charge on any atom is -0.417 e. The topological polar surface area (TPSA) is 94.8 Å². The number of benzene rings is 2. The molecule has 2 aromatic carbocycles. The molecule has 0 atom stereocenters. The molecule has 2 aromatic heterocycles. The fourth-order valence-electron chi connectivity index (χ4n) is 5.91. The monoisotopic (exact) mass is 636 g/mol. The van der Waals surface area contributed by atoms with Crippen LogP contribution in [0.2, 0.25) is 0 Å². The number of aromatic nitrogens is 2. The summed E-state index contributed by atoms with van der Waals surface area (Å²) in [7, 11) is 0. The molecule has 0 radical (unpaired) electrons. The van der Waals surface area contributed by atoms with Gasteiger partial charge < -0.3 is 24.4 Å². The number of alkyl halides is 3. The predicted octanol–water partition coefficient (Wildman–Crippen LogP) is 6.22. The lowest BCUT2D eigenvalue weighted by atomic mass is 9.90. The van der Waals surface area contributed by atoms with E-state index >= 15 is 0 Å². The van der Waals surface area contributed by atoms with Crippen molar-refractivity contribution in [3.63, 3.8) is 0 Å². The van der Waals surface area contributed by atoms with E-state index in [1.165, 1.54) is 36.0 Å². The summed E-state index contributed by atoms with van der Waals surface area (Å²) in [5.41, 5.74) is -0.00395. The molecule has 0 bridgehead atoms. The zero-order valence-corrected chi connectivity index (χ0v) is 24.8. The number of rotatable bonds is 6. The molecule has 6 rings (SSSR count). The quantitative estimate of drug-likeness (QED) is 0.251. The molecule has 2 aliphatic heterocycles. The normalized spacial score (nSPS) is 16.3. The van der Waals surface area contributed by atoms with Crippen molar-refractivity contribution in [1.82, 2.24) is 14.9 Å². The summed E-state index contributed by atoms with van der Waals surface area (Å²) in [5.74, 6) is -2.10. The molecule has 0 aliphatic carbocycles. The van der Waals surface area contributed by atoms with Crippen molar-refractivity contribution < 1.29 is 31.6 Å². The first-order valence-corrected chi connectivity index (χ1v) is 15.1. The lowest BCUT2D eigenvalue weighted by Crippen LogP contribution is -2.35. The number of nitrogens with one attached hydrogen (secondary N) is 1. The summed E-state index contributed by atoms with van der Waals surface area (Å²) < 4.78 is 61.3. The third kappa shape index (κ3) is 6.82. The van der Waals surface area contributed by atoms with E-state index in [0.29, 0.717) is 64.3 Å². The summed E-state index contributed by atoms with van der Waals surface area (Å²) in [6.45, 7) is 2.70. The smallest absolute Gasteiger partial charge is 0.417 e. The van der Waals surface area contributed by atoms with Crippen LogP contribution in [0.15, 0.2) is 77.3 Å². The molecule has 0 spiro atoms. The molecule has 9 nitrogen and oxygen atoms in total. The van der Waals surface area contributed by atoms with Crippen molar-refractivity contribution in [2.24, 2.45) is 0 Å². The van der Waals surface area contributed by atoms with Crippen molar-refractivity contribution >= 4 is 29.3 Å². The number of nitrogens with zero attached hydrogens (tertiary/aromatic N) is 5. The maximum Gasteiger partial charge on any atom is 0.437 e. The second-order valence-corrected chi connectivity index (χ2v) is 11.3. The van der Waals surface area contributed by atoms with E-state index in [2.05, 4.69) is 15.3 Å². The largest absolute Gasteiger partial charge is 0.437 e. The van der Waals surface area contributed by atoms with Gasteiger partial charge in [0.15, 0.2) is 5.69 Å². The summed E-state index contributed by atoms with van der Waals surface area (Å²) in [6.07, 6.45) is -1.50. The number of amides is 2. The van der Waals surface area contributed by atoms with E-state index in [-0.39, 0.29) is 29.1 Å². The summed E-state index contributed by atoms with van der Waals surface area (Å²) >= 11 is 0. The van der Waals surface area contributed by atoms with Crippen molar-refractivity contribution in [3.8, 4) is 0 Å². The Balaban J connectivity index is 1.09. The van der Waals surface area contributed by atoms with Crippen LogP contribution in [0.1, 0.15) is 57.4 Å². The number of hydrogen-bond donors (Lipinski definition) is 1. The summed E-state index contributed by atoms with van der Waals surface area (Å²) in [6, 6.07) is 18.7. The van der Waals surface area contributed by atoms with Crippen molar-refractivity contribution in [1.29, 1.82) is 0 Å². The number of pyridine rings is 1. The van der Waals surface area contributed by atoms with Crippen LogP contribution in [0, 0.1) is 5.82 Å². The van der Waals surface area contributed by atoms with Crippen LogP contribution < -0.4 is 15.1 Å². The van der Waals surface area contributed by atoms with Crippen LogP contribution >= 0.6 is 0 Å². The number of piperidine rings is 1. The van der Waals surface area contributed by atoms with Gasteiger partial charge in [-0.15, -0.1) is 0 Å². The minimum absolute atomic E-state index is 0.0225. The molecule has 0 saturated carbocycles. The Labute approximate surface area is 262 Å². The minimum atomic E-state index is -4.90. The van der Waals surface area contributed by atoms with Crippen LogP contribution in [0.5, 0.6) is 0 Å². The standard InChI is InChI=1S/C33H32F4N6O3/c34-26-10-5-4-9-25(26)31(45)42-16-6-15-41(19-20-42)27-12-11-24(21-38-27)39-30(44)28-29(33(35,36)37)40-32(46-28)43-17-13-23(14-18-43)22-7-2-1-3-8-22/h1-5,7-12,21,23H,6,13-20H2,(H,39,44). The molecule has 2 saturated heterocycles. The Kier molecular flexibility index (Phi) is 8.91. The zero-order chi connectivity index (χ0) is 32.3. The SMILES string of the molecule is O=C(Nc1ccc(N2CCCN(C(=O)c3ccccc3F)CC2)nc1)c1oc(N2CCC(c3ccccc3)CC2)nc1C(F)(F)F. The highest BCUT2D eigenvalue weighted by atomic mass is 19.4. The lowest BCUT2D eigenvalue weighted by molar-refractivity contribution is -0.141. The molecule has 4 aromatic rings. The third-order valence-electron chi connectivity index (χ3n) is 8.34.